The van der Waals surface area contributed by atoms with Crippen LogP contribution in [0.25, 0.3) is 22.3 Å². The molecule has 0 radical (unpaired) electrons. The number of aryl methyl sites for hydroxylation is 1. The second-order valence-electron chi connectivity index (χ2n) is 8.05. The fraction of sp³-hybridized carbons (Fsp3) is 0.435. The highest BCUT2D eigenvalue weighted by Gasteiger charge is 2.38. The van der Waals surface area contributed by atoms with Crippen molar-refractivity contribution < 1.29 is 23.1 Å². The molecule has 1 aliphatic rings. The van der Waals surface area contributed by atoms with E-state index in [1.165, 1.54) is 18.5 Å². The first-order valence-electron chi connectivity index (χ1n) is 10.9. The van der Waals surface area contributed by atoms with Crippen molar-refractivity contribution in [3.63, 3.8) is 0 Å². The molecule has 184 valence electrons. The molecule has 2 aromatic heterocycles. The van der Waals surface area contributed by atoms with Crippen molar-refractivity contribution in [1.29, 1.82) is 0 Å². The summed E-state index contributed by atoms with van der Waals surface area (Å²) in [6.07, 6.45) is -1.63. The number of halogens is 5. The first-order valence-corrected chi connectivity index (χ1v) is 11.6. The van der Waals surface area contributed by atoms with Gasteiger partial charge in [-0.1, -0.05) is 43.5 Å². The van der Waals surface area contributed by atoms with Crippen molar-refractivity contribution >= 4 is 45.9 Å². The summed E-state index contributed by atoms with van der Waals surface area (Å²) in [5.74, 6) is -2.76. The number of pyridine rings is 1. The third-order valence-corrected chi connectivity index (χ3v) is 6.14. The monoisotopic (exact) mass is 516 g/mol. The molecule has 1 aromatic carbocycles. The lowest BCUT2D eigenvalue weighted by Crippen LogP contribution is -2.42. The molecule has 0 aliphatic carbocycles. The fourth-order valence-corrected chi connectivity index (χ4v) is 4.47. The number of carbonyl (C=O) groups is 1. The van der Waals surface area contributed by atoms with Gasteiger partial charge >= 0.3 is 12.1 Å². The lowest BCUT2D eigenvalue weighted by Gasteiger charge is -2.37. The molecule has 0 saturated heterocycles. The molecule has 1 N–H and O–H groups in total. The van der Waals surface area contributed by atoms with Crippen molar-refractivity contribution in [3.05, 3.63) is 40.0 Å². The number of nitrogens with zero attached hydrogens (tertiary/aromatic N) is 4. The van der Waals surface area contributed by atoms with Gasteiger partial charge in [-0.05, 0) is 44.0 Å². The summed E-state index contributed by atoms with van der Waals surface area (Å²) in [7, 11) is 0. The Kier molecular flexibility index (Phi) is 7.98. The standard InChI is InChI=1S/C21H24Cl2N4.C2HF3O2/c1-4-6-9-26-15(5-2)12-27-21-18(26)10-13(3)24-20(21)19(25-27)16-8-7-14(22)11-17(16)23;3-2(4,5)1(6)7/h7-8,10-11,15H,4-6,9,12H2,1-3H3;(H,6,7)/t15-;/m0./s1. The molecule has 0 amide bonds. The first-order chi connectivity index (χ1) is 16.0. The zero-order valence-corrected chi connectivity index (χ0v) is 20.5. The summed E-state index contributed by atoms with van der Waals surface area (Å²) in [5, 5.41) is 13.3. The minimum atomic E-state index is -5.08. The molecule has 1 atom stereocenters. The molecule has 4 rings (SSSR count). The Morgan fingerprint density at radius 2 is 1.91 bits per heavy atom. The van der Waals surface area contributed by atoms with Crippen LogP contribution in [0.3, 0.4) is 0 Å². The zero-order valence-electron chi connectivity index (χ0n) is 19.0. The van der Waals surface area contributed by atoms with Crippen LogP contribution in [0.5, 0.6) is 0 Å². The molecule has 11 heteroatoms. The second kappa shape index (κ2) is 10.4. The normalized spacial score (nSPS) is 15.3. The zero-order chi connectivity index (χ0) is 25.2. The largest absolute Gasteiger partial charge is 0.490 e. The van der Waals surface area contributed by atoms with Crippen LogP contribution in [-0.2, 0) is 11.3 Å². The minimum absolute atomic E-state index is 0.447. The first kappa shape index (κ1) is 26.1. The van der Waals surface area contributed by atoms with Crippen LogP contribution in [-0.4, -0.2) is 44.6 Å². The maximum Gasteiger partial charge on any atom is 0.490 e. The van der Waals surface area contributed by atoms with Crippen LogP contribution in [0.2, 0.25) is 10.0 Å². The molecule has 34 heavy (non-hydrogen) atoms. The molecule has 3 aromatic rings. The van der Waals surface area contributed by atoms with E-state index in [1.54, 1.807) is 6.07 Å². The number of carboxylic acids is 1. The molecule has 6 nitrogen and oxygen atoms in total. The van der Waals surface area contributed by atoms with Crippen molar-refractivity contribution in [2.75, 3.05) is 11.4 Å². The molecule has 0 unspecified atom stereocenters. The lowest BCUT2D eigenvalue weighted by molar-refractivity contribution is -0.192. The van der Waals surface area contributed by atoms with Gasteiger partial charge in [-0.3, -0.25) is 4.68 Å². The number of carboxylic acid groups (broad SMARTS) is 1. The summed E-state index contributed by atoms with van der Waals surface area (Å²) >= 11 is 12.6. The number of aliphatic carboxylic acids is 1. The van der Waals surface area contributed by atoms with E-state index in [2.05, 4.69) is 29.5 Å². The highest BCUT2D eigenvalue weighted by atomic mass is 35.5. The van der Waals surface area contributed by atoms with Gasteiger partial charge in [0.15, 0.2) is 0 Å². The van der Waals surface area contributed by atoms with Gasteiger partial charge in [0.05, 0.1) is 17.3 Å². The summed E-state index contributed by atoms with van der Waals surface area (Å²) in [6.45, 7) is 8.48. The van der Waals surface area contributed by atoms with E-state index in [4.69, 9.17) is 43.2 Å². The van der Waals surface area contributed by atoms with Crippen LogP contribution in [0.4, 0.5) is 18.9 Å². The van der Waals surface area contributed by atoms with Gasteiger partial charge in [0, 0.05) is 28.9 Å². The maximum atomic E-state index is 10.6. The lowest BCUT2D eigenvalue weighted by atomic mass is 10.1. The number of hydrogen-bond donors (Lipinski definition) is 1. The predicted molar refractivity (Wildman–Crippen MR) is 128 cm³/mol. The third-order valence-electron chi connectivity index (χ3n) is 5.59. The van der Waals surface area contributed by atoms with Crippen molar-refractivity contribution in [3.8, 4) is 11.3 Å². The Hall–Kier alpha value is -2.52. The second-order valence-corrected chi connectivity index (χ2v) is 8.89. The van der Waals surface area contributed by atoms with Crippen LogP contribution in [0, 0.1) is 6.92 Å². The minimum Gasteiger partial charge on any atom is -0.475 e. The average molecular weight is 517 g/mol. The van der Waals surface area contributed by atoms with Crippen LogP contribution in [0.15, 0.2) is 24.3 Å². The van der Waals surface area contributed by atoms with Gasteiger partial charge in [0.1, 0.15) is 16.7 Å². The Morgan fingerprint density at radius 3 is 2.47 bits per heavy atom. The number of anilines is 1. The van der Waals surface area contributed by atoms with Gasteiger partial charge in [-0.25, -0.2) is 9.78 Å². The summed E-state index contributed by atoms with van der Waals surface area (Å²) in [5.41, 5.74) is 6.00. The molecule has 0 saturated carbocycles. The van der Waals surface area contributed by atoms with Crippen LogP contribution >= 0.6 is 23.2 Å². The Bertz CT molecular complexity index is 1200. The number of rotatable bonds is 5. The van der Waals surface area contributed by atoms with Gasteiger partial charge in [0.25, 0.3) is 0 Å². The number of alkyl halides is 3. The summed E-state index contributed by atoms with van der Waals surface area (Å²) < 4.78 is 33.9. The summed E-state index contributed by atoms with van der Waals surface area (Å²) in [4.78, 5) is 16.3. The number of unbranched alkanes of at least 4 members (excludes halogenated alkanes) is 1. The average Bonchev–Trinajstić information content (AvgIpc) is 3.11. The van der Waals surface area contributed by atoms with Gasteiger partial charge in [-0.15, -0.1) is 0 Å². The van der Waals surface area contributed by atoms with Gasteiger partial charge < -0.3 is 10.0 Å². The van der Waals surface area contributed by atoms with Crippen molar-refractivity contribution in [2.45, 2.75) is 58.8 Å². The fourth-order valence-electron chi connectivity index (χ4n) is 3.98. The number of aromatic nitrogens is 3. The highest BCUT2D eigenvalue weighted by Crippen LogP contribution is 2.40. The van der Waals surface area contributed by atoms with Crippen molar-refractivity contribution in [1.82, 2.24) is 14.8 Å². The van der Waals surface area contributed by atoms with Crippen LogP contribution in [0.1, 0.15) is 38.8 Å². The molecule has 3 heterocycles. The molecular weight excluding hydrogens is 492 g/mol. The van der Waals surface area contributed by atoms with Gasteiger partial charge in [0.2, 0.25) is 0 Å². The number of hydrogen-bond acceptors (Lipinski definition) is 4. The van der Waals surface area contributed by atoms with E-state index in [-0.39, 0.29) is 0 Å². The Morgan fingerprint density at radius 1 is 1.24 bits per heavy atom. The molecule has 0 bridgehead atoms. The van der Waals surface area contributed by atoms with E-state index in [9.17, 15) is 13.2 Å². The van der Waals surface area contributed by atoms with Crippen LogP contribution < -0.4 is 4.90 Å². The van der Waals surface area contributed by atoms with Crippen molar-refractivity contribution in [2.24, 2.45) is 0 Å². The molecule has 1 aliphatic heterocycles. The highest BCUT2D eigenvalue weighted by molar-refractivity contribution is 6.36. The molecular formula is C23H25Cl2F3N4O2. The van der Waals surface area contributed by atoms with E-state index >= 15 is 0 Å². The Balaban J connectivity index is 0.000000406. The van der Waals surface area contributed by atoms with E-state index in [0.717, 1.165) is 47.5 Å². The molecule has 0 spiro atoms. The molecule has 0 fully saturated rings. The Labute approximate surface area is 205 Å². The predicted octanol–water partition coefficient (Wildman–Crippen LogP) is 6.75. The maximum absolute atomic E-state index is 10.6. The van der Waals surface area contributed by atoms with Gasteiger partial charge in [-0.2, -0.15) is 18.3 Å². The summed E-state index contributed by atoms with van der Waals surface area (Å²) in [6, 6.07) is 8.20. The van der Waals surface area contributed by atoms with E-state index in [1.807, 2.05) is 19.1 Å². The quantitative estimate of drug-likeness (QED) is 0.406. The van der Waals surface area contributed by atoms with E-state index in [0.29, 0.717) is 16.1 Å². The number of benzene rings is 1. The third kappa shape index (κ3) is 5.41. The topological polar surface area (TPSA) is 71.2 Å². The smallest absolute Gasteiger partial charge is 0.475 e. The SMILES string of the molecule is CCCCN1c2cc(C)nc3c(-c4ccc(Cl)cc4Cl)nn(c23)C[C@@H]1CC.O=C(O)C(F)(F)F. The van der Waals surface area contributed by atoms with E-state index < -0.39 is 12.1 Å².